The molecule has 0 bridgehead atoms. The van der Waals surface area contributed by atoms with Gasteiger partial charge < -0.3 is 0 Å². The van der Waals surface area contributed by atoms with Crippen molar-refractivity contribution in [1.29, 1.82) is 0 Å². The molecular weight excluding hydrogens is 276 g/mol. The average Bonchev–Trinajstić information content (AvgIpc) is 2.40. The molecule has 0 radical (unpaired) electrons. The molecule has 0 saturated carbocycles. The SMILES string of the molecule is C[BH2-]c1c(F)c(F)c(F)c2c(F)c(F)c(F)c(F)c12. The Balaban J connectivity index is 3.21. The van der Waals surface area contributed by atoms with Gasteiger partial charge in [-0.1, -0.05) is 0 Å². The van der Waals surface area contributed by atoms with Crippen LogP contribution in [0, 0.1) is 40.7 Å². The number of hydrogen-bond acceptors (Lipinski definition) is 0. The summed E-state index contributed by atoms with van der Waals surface area (Å²) in [5.74, 6) is -14.3. The number of halogens is 7. The van der Waals surface area contributed by atoms with Gasteiger partial charge in [0.2, 0.25) is 0 Å². The lowest BCUT2D eigenvalue weighted by Crippen LogP contribution is -2.23. The highest BCUT2D eigenvalue weighted by atomic mass is 19.2. The molecule has 2 rings (SSSR count). The van der Waals surface area contributed by atoms with E-state index in [2.05, 4.69) is 0 Å². The topological polar surface area (TPSA) is 0 Å². The third kappa shape index (κ3) is 1.69. The van der Waals surface area contributed by atoms with E-state index in [0.717, 1.165) is 0 Å². The van der Waals surface area contributed by atoms with Gasteiger partial charge in [-0.05, 0) is 12.7 Å². The Morgan fingerprint density at radius 3 is 1.32 bits per heavy atom. The summed E-state index contributed by atoms with van der Waals surface area (Å²) in [6.07, 6.45) is 0. The van der Waals surface area contributed by atoms with Crippen LogP contribution in [-0.2, 0) is 0 Å². The van der Waals surface area contributed by atoms with Crippen LogP contribution >= 0.6 is 0 Å². The predicted molar refractivity (Wildman–Crippen MR) is 57.7 cm³/mol. The zero-order valence-corrected chi connectivity index (χ0v) is 9.65. The summed E-state index contributed by atoms with van der Waals surface area (Å²) in [4.78, 5) is 0. The Labute approximate surface area is 103 Å². The third-order valence-electron chi connectivity index (χ3n) is 3.08. The van der Waals surface area contributed by atoms with Gasteiger partial charge in [0.05, 0.1) is 5.39 Å². The molecule has 0 atom stereocenters. The van der Waals surface area contributed by atoms with Crippen LogP contribution in [0.5, 0.6) is 0 Å². The first kappa shape index (κ1) is 13.7. The quantitative estimate of drug-likeness (QED) is 0.326. The molecule has 0 aliphatic rings. The average molecular weight is 281 g/mol. The highest BCUT2D eigenvalue weighted by molar-refractivity contribution is 6.56. The van der Waals surface area contributed by atoms with Gasteiger partial charge >= 0.3 is 0 Å². The molecule has 0 fully saturated rings. The molecule has 19 heavy (non-hydrogen) atoms. The molecule has 0 N–H and O–H groups in total. The van der Waals surface area contributed by atoms with Crippen LogP contribution in [0.2, 0.25) is 6.82 Å². The standard InChI is InChI=1S/C11H5BF7/c1-12-4-2-3(6(14)9(17)8(4)16)7(15)11(19)10(18)5(2)13/h12H2,1H3/q-1. The summed E-state index contributed by atoms with van der Waals surface area (Å²) in [6, 6.07) is 0. The lowest BCUT2D eigenvalue weighted by molar-refractivity contribution is 0.411. The predicted octanol–water partition coefficient (Wildman–Crippen LogP) is 2.66. The van der Waals surface area contributed by atoms with Gasteiger partial charge in [-0.15, -0.1) is 0 Å². The smallest absolute Gasteiger partial charge is 0.198 e. The molecule has 0 aromatic heterocycles. The summed E-state index contributed by atoms with van der Waals surface area (Å²) in [5.41, 5.74) is -0.635. The largest absolute Gasteiger partial charge is 0.207 e. The first-order valence-electron chi connectivity index (χ1n) is 5.57. The van der Waals surface area contributed by atoms with E-state index in [-0.39, 0.29) is 0 Å². The molecule has 0 aliphatic heterocycles. The highest BCUT2D eigenvalue weighted by Crippen LogP contribution is 2.30. The molecule has 0 nitrogen and oxygen atoms in total. The van der Waals surface area contributed by atoms with Crippen LogP contribution in [0.1, 0.15) is 0 Å². The molecule has 0 saturated heterocycles. The van der Waals surface area contributed by atoms with E-state index in [4.69, 9.17) is 0 Å². The van der Waals surface area contributed by atoms with E-state index in [0.29, 0.717) is 0 Å². The second-order valence-corrected chi connectivity index (χ2v) is 4.07. The second-order valence-electron chi connectivity index (χ2n) is 4.07. The molecule has 2 aromatic carbocycles. The van der Waals surface area contributed by atoms with E-state index in [1.54, 1.807) is 0 Å². The summed E-state index contributed by atoms with van der Waals surface area (Å²) in [7, 11) is -1.51. The highest BCUT2D eigenvalue weighted by Gasteiger charge is 2.27. The van der Waals surface area contributed by atoms with E-state index in [1.165, 1.54) is 6.82 Å². The maximum Gasteiger partial charge on any atom is 0.198 e. The minimum Gasteiger partial charge on any atom is -0.207 e. The van der Waals surface area contributed by atoms with E-state index < -0.39 is 64.2 Å². The molecular formula is C11H5BF7-. The lowest BCUT2D eigenvalue weighted by Gasteiger charge is -2.15. The van der Waals surface area contributed by atoms with Crippen molar-refractivity contribution in [2.45, 2.75) is 6.82 Å². The summed E-state index contributed by atoms with van der Waals surface area (Å²) in [6.45, 7) is 1.37. The number of fused-ring (bicyclic) bond motifs is 1. The minimum atomic E-state index is -2.27. The third-order valence-corrected chi connectivity index (χ3v) is 3.08. The normalized spacial score (nSPS) is 11.4. The molecule has 0 amide bonds. The first-order valence-corrected chi connectivity index (χ1v) is 5.57. The van der Waals surface area contributed by atoms with Crippen LogP contribution < -0.4 is 5.46 Å². The first-order chi connectivity index (χ1) is 8.82. The van der Waals surface area contributed by atoms with Crippen LogP contribution in [-0.4, -0.2) is 7.28 Å². The summed E-state index contributed by atoms with van der Waals surface area (Å²) < 4.78 is 93.2. The van der Waals surface area contributed by atoms with Crippen molar-refractivity contribution in [2.75, 3.05) is 0 Å². The van der Waals surface area contributed by atoms with Crippen LogP contribution in [0.15, 0.2) is 0 Å². The molecule has 8 heteroatoms. The summed E-state index contributed by atoms with van der Waals surface area (Å²) in [5, 5.41) is -2.48. The van der Waals surface area contributed by atoms with Gasteiger partial charge in [0.15, 0.2) is 34.9 Å². The lowest BCUT2D eigenvalue weighted by atomic mass is 9.70. The summed E-state index contributed by atoms with van der Waals surface area (Å²) >= 11 is 0. The fourth-order valence-corrected chi connectivity index (χ4v) is 2.14. The van der Waals surface area contributed by atoms with E-state index in [1.807, 2.05) is 0 Å². The van der Waals surface area contributed by atoms with Crippen molar-refractivity contribution in [1.82, 2.24) is 0 Å². The van der Waals surface area contributed by atoms with E-state index >= 15 is 0 Å². The van der Waals surface area contributed by atoms with Crippen LogP contribution in [0.4, 0.5) is 30.7 Å². The van der Waals surface area contributed by atoms with Crippen molar-refractivity contribution in [3.05, 3.63) is 40.7 Å². The molecule has 0 unspecified atom stereocenters. The Kier molecular flexibility index (Phi) is 3.20. The van der Waals surface area contributed by atoms with Gasteiger partial charge in [-0.2, -0.15) is 12.3 Å². The van der Waals surface area contributed by atoms with Crippen LogP contribution in [0.3, 0.4) is 0 Å². The Hall–Kier alpha value is -1.73. The van der Waals surface area contributed by atoms with Crippen molar-refractivity contribution < 1.29 is 30.7 Å². The zero-order chi connectivity index (χ0) is 14.5. The second kappa shape index (κ2) is 4.43. The number of hydrogen-bond donors (Lipinski definition) is 0. The van der Waals surface area contributed by atoms with Gasteiger partial charge in [0.1, 0.15) is 5.82 Å². The Morgan fingerprint density at radius 1 is 0.526 bits per heavy atom. The maximum atomic E-state index is 13.6. The van der Waals surface area contributed by atoms with Gasteiger partial charge in [0.25, 0.3) is 0 Å². The fraction of sp³-hybridized carbons (Fsp3) is 0.0909. The number of rotatable bonds is 1. The Morgan fingerprint density at radius 2 is 0.895 bits per heavy atom. The van der Waals surface area contributed by atoms with Crippen LogP contribution in [0.25, 0.3) is 10.8 Å². The Bertz CT molecular complexity index is 688. The van der Waals surface area contributed by atoms with E-state index in [9.17, 15) is 30.7 Å². The van der Waals surface area contributed by atoms with Gasteiger partial charge in [-0.3, -0.25) is 0 Å². The minimum absolute atomic E-state index is 0.635. The maximum absolute atomic E-state index is 13.6. The van der Waals surface area contributed by atoms with Gasteiger partial charge in [-0.25, -0.2) is 30.7 Å². The monoisotopic (exact) mass is 281 g/mol. The van der Waals surface area contributed by atoms with Crippen molar-refractivity contribution >= 4 is 23.5 Å². The van der Waals surface area contributed by atoms with Gasteiger partial charge in [0, 0.05) is 0 Å². The molecule has 0 aliphatic carbocycles. The fourth-order valence-electron chi connectivity index (χ4n) is 2.14. The van der Waals surface area contributed by atoms with Crippen molar-refractivity contribution in [3.8, 4) is 0 Å². The van der Waals surface area contributed by atoms with Crippen molar-refractivity contribution in [3.63, 3.8) is 0 Å². The molecule has 2 aromatic rings. The van der Waals surface area contributed by atoms with Crippen molar-refractivity contribution in [2.24, 2.45) is 0 Å². The molecule has 0 heterocycles. The molecule has 102 valence electrons. The number of benzene rings is 2. The zero-order valence-electron chi connectivity index (χ0n) is 9.65. The molecule has 0 spiro atoms.